The Hall–Kier alpha value is -1.06. The summed E-state index contributed by atoms with van der Waals surface area (Å²) in [7, 11) is 0. The molecule has 0 aromatic rings. The van der Waals surface area contributed by atoms with Gasteiger partial charge in [-0.1, -0.05) is 0 Å². The summed E-state index contributed by atoms with van der Waals surface area (Å²) in [5.41, 5.74) is -0.369. The van der Waals surface area contributed by atoms with Crippen molar-refractivity contribution in [1.29, 1.82) is 0 Å². The number of carbonyl (C=O) groups is 2. The van der Waals surface area contributed by atoms with Gasteiger partial charge in [0.1, 0.15) is 5.60 Å². The highest BCUT2D eigenvalue weighted by Crippen LogP contribution is 2.60. The minimum Gasteiger partial charge on any atom is -0.465 e. The third-order valence-corrected chi connectivity index (χ3v) is 4.56. The Kier molecular flexibility index (Phi) is 1.89. The summed E-state index contributed by atoms with van der Waals surface area (Å²) in [6.45, 7) is 3.96. The summed E-state index contributed by atoms with van der Waals surface area (Å²) in [5.74, 6) is 0.746. The largest absolute Gasteiger partial charge is 0.465 e. The molecule has 4 nitrogen and oxygen atoms in total. The molecule has 5 atom stereocenters. The zero-order valence-electron chi connectivity index (χ0n) is 9.56. The second-order valence-electron chi connectivity index (χ2n) is 5.53. The first kappa shape index (κ1) is 10.1. The zero-order chi connectivity index (χ0) is 11.5. The summed E-state index contributed by atoms with van der Waals surface area (Å²) in [6.07, 6.45) is 1.82. The fourth-order valence-corrected chi connectivity index (χ4v) is 4.14. The quantitative estimate of drug-likeness (QED) is 0.627. The van der Waals surface area contributed by atoms with Gasteiger partial charge in [-0.05, 0) is 25.7 Å². The van der Waals surface area contributed by atoms with E-state index in [2.05, 4.69) is 0 Å². The number of rotatable bonds is 1. The second-order valence-corrected chi connectivity index (χ2v) is 5.53. The molecule has 16 heavy (non-hydrogen) atoms. The van der Waals surface area contributed by atoms with Gasteiger partial charge in [-0.3, -0.25) is 9.59 Å². The van der Waals surface area contributed by atoms with Gasteiger partial charge >= 0.3 is 11.9 Å². The lowest BCUT2D eigenvalue weighted by Crippen LogP contribution is -2.43. The van der Waals surface area contributed by atoms with Crippen LogP contribution in [0, 0.1) is 23.7 Å². The van der Waals surface area contributed by atoms with Gasteiger partial charge in [-0.25, -0.2) is 0 Å². The minimum atomic E-state index is -0.369. The van der Waals surface area contributed by atoms with Gasteiger partial charge in [0, 0.05) is 18.8 Å². The van der Waals surface area contributed by atoms with Gasteiger partial charge in [0.05, 0.1) is 12.5 Å². The average molecular weight is 224 g/mol. The fourth-order valence-electron chi connectivity index (χ4n) is 4.14. The van der Waals surface area contributed by atoms with Crippen LogP contribution >= 0.6 is 0 Å². The van der Waals surface area contributed by atoms with E-state index in [1.165, 1.54) is 6.92 Å². The Morgan fingerprint density at radius 2 is 2.31 bits per heavy atom. The van der Waals surface area contributed by atoms with E-state index in [1.807, 2.05) is 6.92 Å². The lowest BCUT2D eigenvalue weighted by Gasteiger charge is -2.37. The topological polar surface area (TPSA) is 52.6 Å². The molecule has 3 aliphatic rings. The number of cyclic esters (lactones) is 1. The molecule has 5 unspecified atom stereocenters. The summed E-state index contributed by atoms with van der Waals surface area (Å²) in [5, 5.41) is 0. The first-order chi connectivity index (χ1) is 7.51. The SMILES string of the molecule is CC(=O)OC1(C)CC2CC1C1COC(=O)C21. The van der Waals surface area contributed by atoms with Crippen LogP contribution in [0.1, 0.15) is 26.7 Å². The Morgan fingerprint density at radius 3 is 3.00 bits per heavy atom. The molecule has 1 heterocycles. The molecule has 0 spiro atoms. The molecule has 0 aromatic carbocycles. The predicted molar refractivity (Wildman–Crippen MR) is 54.3 cm³/mol. The Morgan fingerprint density at radius 1 is 1.56 bits per heavy atom. The number of ether oxygens (including phenoxy) is 2. The molecule has 0 radical (unpaired) electrons. The lowest BCUT2D eigenvalue weighted by atomic mass is 9.73. The number of fused-ring (bicyclic) bond motifs is 5. The van der Waals surface area contributed by atoms with Crippen molar-refractivity contribution in [3.63, 3.8) is 0 Å². The molecular formula is C12H16O4. The van der Waals surface area contributed by atoms with Crippen molar-refractivity contribution >= 4 is 11.9 Å². The van der Waals surface area contributed by atoms with Crippen molar-refractivity contribution < 1.29 is 19.1 Å². The van der Waals surface area contributed by atoms with E-state index >= 15 is 0 Å². The average Bonchev–Trinajstić information content (AvgIpc) is 2.75. The first-order valence-electron chi connectivity index (χ1n) is 5.87. The van der Waals surface area contributed by atoms with Crippen LogP contribution in [-0.2, 0) is 19.1 Å². The molecule has 3 fully saturated rings. The van der Waals surface area contributed by atoms with E-state index < -0.39 is 0 Å². The molecule has 1 saturated heterocycles. The number of hydrogen-bond acceptors (Lipinski definition) is 4. The van der Waals surface area contributed by atoms with Gasteiger partial charge < -0.3 is 9.47 Å². The highest BCUT2D eigenvalue weighted by Gasteiger charge is 2.64. The molecule has 88 valence electrons. The van der Waals surface area contributed by atoms with Gasteiger partial charge in [0.25, 0.3) is 0 Å². The maximum atomic E-state index is 11.5. The monoisotopic (exact) mass is 224 g/mol. The van der Waals surface area contributed by atoms with Gasteiger partial charge in [-0.2, -0.15) is 0 Å². The molecule has 2 saturated carbocycles. The number of hydrogen-bond donors (Lipinski definition) is 0. The Balaban J connectivity index is 1.85. The third-order valence-electron chi connectivity index (χ3n) is 4.56. The Bertz CT molecular complexity index is 364. The van der Waals surface area contributed by atoms with E-state index in [1.54, 1.807) is 0 Å². The van der Waals surface area contributed by atoms with Gasteiger partial charge in [0.2, 0.25) is 0 Å². The van der Waals surface area contributed by atoms with Crippen molar-refractivity contribution in [2.24, 2.45) is 23.7 Å². The van der Waals surface area contributed by atoms with Crippen LogP contribution in [-0.4, -0.2) is 24.1 Å². The standard InChI is InChI=1S/C12H16O4/c1-6(13)16-12(2)4-7-3-9(12)8-5-15-11(14)10(7)8/h7-10H,3-5H2,1-2H3. The van der Waals surface area contributed by atoms with Crippen LogP contribution < -0.4 is 0 Å². The van der Waals surface area contributed by atoms with Crippen molar-refractivity contribution in [2.45, 2.75) is 32.3 Å². The minimum absolute atomic E-state index is 0.0395. The molecule has 4 heteroatoms. The molecule has 0 amide bonds. The summed E-state index contributed by atoms with van der Waals surface area (Å²) in [4.78, 5) is 22.7. The molecule has 1 aliphatic heterocycles. The highest BCUT2D eigenvalue weighted by atomic mass is 16.6. The van der Waals surface area contributed by atoms with Crippen LogP contribution in [0.15, 0.2) is 0 Å². The summed E-state index contributed by atoms with van der Waals surface area (Å²) < 4.78 is 10.6. The zero-order valence-corrected chi connectivity index (χ0v) is 9.56. The molecule has 3 rings (SSSR count). The van der Waals surface area contributed by atoms with Crippen molar-refractivity contribution in [3.05, 3.63) is 0 Å². The Labute approximate surface area is 94.3 Å². The van der Waals surface area contributed by atoms with E-state index in [-0.39, 0.29) is 29.4 Å². The van der Waals surface area contributed by atoms with Gasteiger partial charge in [-0.15, -0.1) is 0 Å². The smallest absolute Gasteiger partial charge is 0.309 e. The molecule has 2 bridgehead atoms. The molecule has 2 aliphatic carbocycles. The maximum absolute atomic E-state index is 11.5. The van der Waals surface area contributed by atoms with Crippen molar-refractivity contribution in [1.82, 2.24) is 0 Å². The number of carbonyl (C=O) groups excluding carboxylic acids is 2. The maximum Gasteiger partial charge on any atom is 0.309 e. The highest BCUT2D eigenvalue weighted by molar-refractivity contribution is 5.76. The number of esters is 2. The summed E-state index contributed by atoms with van der Waals surface area (Å²) in [6, 6.07) is 0. The molecule has 0 aromatic heterocycles. The van der Waals surface area contributed by atoms with E-state index in [9.17, 15) is 9.59 Å². The van der Waals surface area contributed by atoms with Crippen LogP contribution in [0.2, 0.25) is 0 Å². The third kappa shape index (κ3) is 1.16. The first-order valence-corrected chi connectivity index (χ1v) is 5.87. The van der Waals surface area contributed by atoms with Crippen LogP contribution in [0.4, 0.5) is 0 Å². The predicted octanol–water partition coefficient (Wildman–Crippen LogP) is 1.14. The van der Waals surface area contributed by atoms with Crippen molar-refractivity contribution in [3.8, 4) is 0 Å². The lowest BCUT2D eigenvalue weighted by molar-refractivity contribution is -0.163. The molecular weight excluding hydrogens is 208 g/mol. The van der Waals surface area contributed by atoms with E-state index in [4.69, 9.17) is 9.47 Å². The van der Waals surface area contributed by atoms with Crippen molar-refractivity contribution in [2.75, 3.05) is 6.61 Å². The van der Waals surface area contributed by atoms with Crippen LogP contribution in [0.5, 0.6) is 0 Å². The molecule has 0 N–H and O–H groups in total. The van der Waals surface area contributed by atoms with Crippen LogP contribution in [0.25, 0.3) is 0 Å². The van der Waals surface area contributed by atoms with Gasteiger partial charge in [0.15, 0.2) is 0 Å². The van der Waals surface area contributed by atoms with Crippen LogP contribution in [0.3, 0.4) is 0 Å². The van der Waals surface area contributed by atoms with E-state index in [0.717, 1.165) is 12.8 Å². The second kappa shape index (κ2) is 2.99. The van der Waals surface area contributed by atoms with E-state index in [0.29, 0.717) is 18.4 Å². The fraction of sp³-hybridized carbons (Fsp3) is 0.833. The normalized spacial score (nSPS) is 49.0. The summed E-state index contributed by atoms with van der Waals surface area (Å²) >= 11 is 0.